The molecule has 2 aliphatic rings. The quantitative estimate of drug-likeness (QED) is 0.514. The summed E-state index contributed by atoms with van der Waals surface area (Å²) in [5, 5.41) is 18.6. The summed E-state index contributed by atoms with van der Waals surface area (Å²) in [6, 6.07) is 12.6. The maximum Gasteiger partial charge on any atom is 0.233 e. The molecule has 5 rings (SSSR count). The molecule has 2 aromatic carbocycles. The number of phenolic OH excluding ortho intramolecular Hbond substituents is 1. The van der Waals surface area contributed by atoms with Crippen LogP contribution in [-0.4, -0.2) is 16.0 Å². The number of carbonyl (C=O) groups is 1. The molecule has 1 aliphatic heterocycles. The summed E-state index contributed by atoms with van der Waals surface area (Å²) in [4.78, 5) is 13.4. The highest BCUT2D eigenvalue weighted by molar-refractivity contribution is 6.42. The van der Waals surface area contributed by atoms with Gasteiger partial charge in [-0.05, 0) is 42.7 Å². The molecule has 0 saturated heterocycles. The van der Waals surface area contributed by atoms with Crippen molar-refractivity contribution in [1.82, 2.24) is 5.16 Å². The van der Waals surface area contributed by atoms with E-state index in [0.29, 0.717) is 34.3 Å². The number of para-hydroxylation sites is 1. The average Bonchev–Trinajstić information content (AvgIpc) is 3.09. The van der Waals surface area contributed by atoms with Crippen molar-refractivity contribution in [2.75, 3.05) is 5.32 Å². The molecule has 0 saturated carbocycles. The average molecular weight is 441 g/mol. The Bertz CT molecular complexity index is 1210. The zero-order chi connectivity index (χ0) is 21.0. The Balaban J connectivity index is 1.64. The highest BCUT2D eigenvalue weighted by Gasteiger charge is 2.41. The van der Waals surface area contributed by atoms with Gasteiger partial charge in [0.2, 0.25) is 5.88 Å². The second-order valence-electron chi connectivity index (χ2n) is 7.72. The zero-order valence-corrected chi connectivity index (χ0v) is 17.6. The number of aromatic hydroxyl groups is 1. The van der Waals surface area contributed by atoms with Crippen molar-refractivity contribution in [3.63, 3.8) is 0 Å². The van der Waals surface area contributed by atoms with Crippen LogP contribution < -0.4 is 5.32 Å². The summed E-state index contributed by atoms with van der Waals surface area (Å²) in [6.07, 6.45) is 0.894. The highest BCUT2D eigenvalue weighted by Crippen LogP contribution is 2.50. The van der Waals surface area contributed by atoms with Crippen LogP contribution in [0.2, 0.25) is 10.0 Å². The summed E-state index contributed by atoms with van der Waals surface area (Å²) in [7, 11) is 0. The largest absolute Gasteiger partial charge is 0.508 e. The van der Waals surface area contributed by atoms with Gasteiger partial charge in [-0.25, -0.2) is 0 Å². The molecular weight excluding hydrogens is 423 g/mol. The molecule has 0 unspecified atom stereocenters. The molecule has 2 heterocycles. The van der Waals surface area contributed by atoms with Crippen LogP contribution >= 0.6 is 23.2 Å². The van der Waals surface area contributed by atoms with Gasteiger partial charge in [0.25, 0.3) is 0 Å². The molecular formula is C23H18Cl2N2O3. The van der Waals surface area contributed by atoms with Crippen LogP contribution in [0, 0.1) is 6.92 Å². The lowest BCUT2D eigenvalue weighted by molar-refractivity contribution is -0.116. The van der Waals surface area contributed by atoms with Gasteiger partial charge in [0, 0.05) is 29.5 Å². The summed E-state index contributed by atoms with van der Waals surface area (Å²) >= 11 is 12.4. The maximum atomic E-state index is 13.4. The smallest absolute Gasteiger partial charge is 0.233 e. The number of hydrogen-bond acceptors (Lipinski definition) is 5. The predicted octanol–water partition coefficient (Wildman–Crippen LogP) is 5.95. The van der Waals surface area contributed by atoms with Crippen LogP contribution in [0.5, 0.6) is 5.75 Å². The number of ketones is 1. The number of anilines is 1. The molecule has 7 heteroatoms. The molecule has 0 fully saturated rings. The molecule has 0 bridgehead atoms. The number of rotatable bonds is 2. The Morgan fingerprint density at radius 2 is 1.93 bits per heavy atom. The van der Waals surface area contributed by atoms with Crippen molar-refractivity contribution in [2.45, 2.75) is 31.6 Å². The number of aryl methyl sites for hydroxylation is 1. The predicted molar refractivity (Wildman–Crippen MR) is 115 cm³/mol. The SMILES string of the molecule is Cc1noc2c1[C@H](c1ccc(Cl)c(Cl)c1)C1=C(C[C@@H](c3ccccc3O)CC1=O)N2. The van der Waals surface area contributed by atoms with Gasteiger partial charge in [0.05, 0.1) is 21.3 Å². The number of benzene rings is 2. The Morgan fingerprint density at radius 3 is 2.70 bits per heavy atom. The minimum Gasteiger partial charge on any atom is -0.508 e. The van der Waals surface area contributed by atoms with E-state index < -0.39 is 0 Å². The lowest BCUT2D eigenvalue weighted by atomic mass is 9.72. The molecule has 1 aliphatic carbocycles. The summed E-state index contributed by atoms with van der Waals surface area (Å²) in [5.74, 6) is 0.305. The normalized spacial score (nSPS) is 20.6. The van der Waals surface area contributed by atoms with Crippen LogP contribution in [-0.2, 0) is 4.79 Å². The van der Waals surface area contributed by atoms with Crippen molar-refractivity contribution in [3.05, 3.63) is 86.2 Å². The molecule has 2 atom stereocenters. The molecule has 3 aromatic rings. The molecule has 5 nitrogen and oxygen atoms in total. The summed E-state index contributed by atoms with van der Waals surface area (Å²) in [6.45, 7) is 1.86. The Hall–Kier alpha value is -2.76. The lowest BCUT2D eigenvalue weighted by Crippen LogP contribution is -2.29. The topological polar surface area (TPSA) is 75.4 Å². The fourth-order valence-electron chi connectivity index (χ4n) is 4.55. The molecule has 1 aromatic heterocycles. The third kappa shape index (κ3) is 3.01. The van der Waals surface area contributed by atoms with Crippen molar-refractivity contribution in [3.8, 4) is 5.75 Å². The van der Waals surface area contributed by atoms with Crippen molar-refractivity contribution < 1.29 is 14.4 Å². The van der Waals surface area contributed by atoms with E-state index in [1.807, 2.05) is 25.1 Å². The number of phenols is 1. The first kappa shape index (κ1) is 19.2. The zero-order valence-electron chi connectivity index (χ0n) is 16.1. The number of hydrogen-bond donors (Lipinski definition) is 2. The molecule has 152 valence electrons. The Labute approximate surface area is 183 Å². The van der Waals surface area contributed by atoms with Crippen molar-refractivity contribution in [1.29, 1.82) is 0 Å². The lowest BCUT2D eigenvalue weighted by Gasteiger charge is -2.34. The van der Waals surface area contributed by atoms with Crippen LogP contribution in [0.4, 0.5) is 5.88 Å². The van der Waals surface area contributed by atoms with Crippen LogP contribution in [0.1, 0.15) is 47.1 Å². The monoisotopic (exact) mass is 440 g/mol. The number of halogens is 2. The highest BCUT2D eigenvalue weighted by atomic mass is 35.5. The van der Waals surface area contributed by atoms with Crippen LogP contribution in [0.25, 0.3) is 0 Å². The number of nitrogens with one attached hydrogen (secondary N) is 1. The van der Waals surface area contributed by atoms with E-state index in [9.17, 15) is 9.90 Å². The Kier molecular flexibility index (Phi) is 4.60. The van der Waals surface area contributed by atoms with E-state index in [4.69, 9.17) is 27.7 Å². The van der Waals surface area contributed by atoms with E-state index >= 15 is 0 Å². The van der Waals surface area contributed by atoms with Gasteiger partial charge in [-0.2, -0.15) is 0 Å². The minimum atomic E-state index is -0.338. The van der Waals surface area contributed by atoms with Gasteiger partial charge in [0.15, 0.2) is 5.78 Å². The fraction of sp³-hybridized carbons (Fsp3) is 0.217. The number of carbonyl (C=O) groups excluding carboxylic acids is 1. The maximum absolute atomic E-state index is 13.4. The van der Waals surface area contributed by atoms with Crippen LogP contribution in [0.15, 0.2) is 58.3 Å². The number of nitrogens with zero attached hydrogens (tertiary/aromatic N) is 1. The minimum absolute atomic E-state index is 0.0272. The van der Waals surface area contributed by atoms with E-state index in [-0.39, 0.29) is 23.4 Å². The van der Waals surface area contributed by atoms with Gasteiger partial charge in [-0.1, -0.05) is 52.6 Å². The number of Topliss-reactive ketones (excluding diaryl/α,β-unsaturated/α-hetero) is 1. The molecule has 30 heavy (non-hydrogen) atoms. The summed E-state index contributed by atoms with van der Waals surface area (Å²) in [5.41, 5.74) is 4.67. The first-order valence-electron chi connectivity index (χ1n) is 9.66. The van der Waals surface area contributed by atoms with E-state index in [1.165, 1.54) is 0 Å². The third-order valence-electron chi connectivity index (χ3n) is 5.91. The Morgan fingerprint density at radius 1 is 1.13 bits per heavy atom. The van der Waals surface area contributed by atoms with Gasteiger partial charge < -0.3 is 14.9 Å². The van der Waals surface area contributed by atoms with Gasteiger partial charge in [0.1, 0.15) is 5.75 Å². The number of aromatic nitrogens is 1. The molecule has 2 N–H and O–H groups in total. The first-order chi connectivity index (χ1) is 14.4. The van der Waals surface area contributed by atoms with Gasteiger partial charge in [-0.15, -0.1) is 0 Å². The second kappa shape index (κ2) is 7.18. The van der Waals surface area contributed by atoms with Crippen molar-refractivity contribution >= 4 is 34.9 Å². The molecule has 0 amide bonds. The van der Waals surface area contributed by atoms with Crippen molar-refractivity contribution in [2.24, 2.45) is 0 Å². The van der Waals surface area contributed by atoms with Crippen LogP contribution in [0.3, 0.4) is 0 Å². The second-order valence-corrected chi connectivity index (χ2v) is 8.54. The standard InChI is InChI=1S/C23H18Cl2N2O3/c1-11-20-21(12-6-7-15(24)16(25)8-12)22-17(26-23(20)30-27-11)9-13(10-19(22)29)14-4-2-3-5-18(14)28/h2-8,13,21,26,28H,9-10H2,1H3/t13-,21+/m1/s1. The fourth-order valence-corrected chi connectivity index (χ4v) is 4.86. The number of allylic oxidation sites excluding steroid dienone is 2. The van der Waals surface area contributed by atoms with E-state index in [2.05, 4.69) is 10.5 Å². The van der Waals surface area contributed by atoms with Gasteiger partial charge in [-0.3, -0.25) is 4.79 Å². The number of fused-ring (bicyclic) bond motifs is 1. The van der Waals surface area contributed by atoms with E-state index in [0.717, 1.165) is 28.1 Å². The van der Waals surface area contributed by atoms with E-state index in [1.54, 1.807) is 24.3 Å². The van der Waals surface area contributed by atoms with Gasteiger partial charge >= 0.3 is 0 Å². The third-order valence-corrected chi connectivity index (χ3v) is 6.65. The summed E-state index contributed by atoms with van der Waals surface area (Å²) < 4.78 is 5.53. The molecule has 0 spiro atoms. The first-order valence-corrected chi connectivity index (χ1v) is 10.4. The molecule has 0 radical (unpaired) electrons.